The molecule has 0 rings (SSSR count). The second-order valence-corrected chi connectivity index (χ2v) is 6.11. The molecule has 0 aliphatic heterocycles. The molecule has 1 N–H and O–H groups in total. The number of amides is 1. The molecule has 0 bridgehead atoms. The fourth-order valence-electron chi connectivity index (χ4n) is 2.13. The number of nitrogens with zero attached hydrogens (tertiary/aromatic N) is 1. The molecule has 0 spiro atoms. The third kappa shape index (κ3) is 8.74. The summed E-state index contributed by atoms with van der Waals surface area (Å²) in [4.78, 5) is 11.8. The summed E-state index contributed by atoms with van der Waals surface area (Å²) < 4.78 is 0. The lowest BCUT2D eigenvalue weighted by Gasteiger charge is -2.23. The van der Waals surface area contributed by atoms with Crippen LogP contribution in [0.4, 0.5) is 0 Å². The van der Waals surface area contributed by atoms with Crippen molar-refractivity contribution in [2.24, 2.45) is 11.3 Å². The number of carbonyl (C=O) groups is 1. The van der Waals surface area contributed by atoms with E-state index in [0.29, 0.717) is 18.8 Å². The van der Waals surface area contributed by atoms with Crippen molar-refractivity contribution < 1.29 is 4.79 Å². The van der Waals surface area contributed by atoms with Gasteiger partial charge in [-0.1, -0.05) is 34.6 Å². The first-order valence-corrected chi connectivity index (χ1v) is 6.44. The van der Waals surface area contributed by atoms with Crippen LogP contribution in [0.3, 0.4) is 0 Å². The Labute approximate surface area is 106 Å². The van der Waals surface area contributed by atoms with Gasteiger partial charge in [0.15, 0.2) is 0 Å². The largest absolute Gasteiger partial charge is 0.352 e. The second kappa shape index (κ2) is 7.32. The fraction of sp³-hybridized carbons (Fsp3) is 0.857. The molecule has 0 aliphatic rings. The molecule has 0 radical (unpaired) electrons. The lowest BCUT2D eigenvalue weighted by atomic mass is 9.84. The van der Waals surface area contributed by atoms with E-state index in [4.69, 9.17) is 5.26 Å². The third-order valence-corrected chi connectivity index (χ3v) is 2.69. The Morgan fingerprint density at radius 2 is 2.00 bits per heavy atom. The van der Waals surface area contributed by atoms with Gasteiger partial charge in [0, 0.05) is 12.5 Å². The molecule has 2 unspecified atom stereocenters. The van der Waals surface area contributed by atoms with Gasteiger partial charge < -0.3 is 5.32 Å². The predicted molar refractivity (Wildman–Crippen MR) is 70.3 cm³/mol. The molecule has 0 saturated carbocycles. The summed E-state index contributed by atoms with van der Waals surface area (Å²) in [5.41, 5.74) is 0.260. The standard InChI is InChI=1S/C14H26N2O/c1-6-12(7-8-15)16-13(17)9-11(2)10-14(3,4)5/h11-12H,6-7,9-10H2,1-5H3,(H,16,17). The molecule has 0 heterocycles. The molecular formula is C14H26N2O. The highest BCUT2D eigenvalue weighted by Gasteiger charge is 2.18. The maximum Gasteiger partial charge on any atom is 0.220 e. The van der Waals surface area contributed by atoms with Crippen LogP contribution in [0.25, 0.3) is 0 Å². The molecule has 98 valence electrons. The van der Waals surface area contributed by atoms with Gasteiger partial charge in [-0.3, -0.25) is 4.79 Å². The van der Waals surface area contributed by atoms with Crippen LogP contribution >= 0.6 is 0 Å². The molecule has 0 saturated heterocycles. The predicted octanol–water partition coefficient (Wildman–Crippen LogP) is 3.26. The zero-order valence-electron chi connectivity index (χ0n) is 11.8. The van der Waals surface area contributed by atoms with E-state index in [1.165, 1.54) is 0 Å². The summed E-state index contributed by atoms with van der Waals surface area (Å²) in [5.74, 6) is 0.457. The fourth-order valence-corrected chi connectivity index (χ4v) is 2.13. The molecule has 2 atom stereocenters. The van der Waals surface area contributed by atoms with Gasteiger partial charge in [-0.15, -0.1) is 0 Å². The minimum absolute atomic E-state index is 0.00865. The zero-order chi connectivity index (χ0) is 13.5. The Kier molecular flexibility index (Phi) is 6.87. The first-order chi connectivity index (χ1) is 7.78. The SMILES string of the molecule is CCC(CC#N)NC(=O)CC(C)CC(C)(C)C. The summed E-state index contributed by atoms with van der Waals surface area (Å²) in [7, 11) is 0. The van der Waals surface area contributed by atoms with E-state index in [9.17, 15) is 4.79 Å². The number of hydrogen-bond donors (Lipinski definition) is 1. The second-order valence-electron chi connectivity index (χ2n) is 6.11. The molecule has 1 amide bonds. The van der Waals surface area contributed by atoms with Gasteiger partial charge in [0.25, 0.3) is 0 Å². The van der Waals surface area contributed by atoms with Crippen LogP contribution in [-0.2, 0) is 4.79 Å². The summed E-state index contributed by atoms with van der Waals surface area (Å²) in [6.07, 6.45) is 2.80. The van der Waals surface area contributed by atoms with Crippen LogP contribution < -0.4 is 5.32 Å². The van der Waals surface area contributed by atoms with Crippen molar-refractivity contribution in [3.8, 4) is 6.07 Å². The maximum absolute atomic E-state index is 11.8. The Morgan fingerprint density at radius 1 is 1.41 bits per heavy atom. The minimum atomic E-state index is 0.00865. The van der Waals surface area contributed by atoms with Crippen LogP contribution in [0, 0.1) is 22.7 Å². The highest BCUT2D eigenvalue weighted by Crippen LogP contribution is 2.25. The van der Waals surface area contributed by atoms with Crippen LogP contribution in [0.15, 0.2) is 0 Å². The summed E-state index contributed by atoms with van der Waals surface area (Å²) in [6.45, 7) is 10.7. The van der Waals surface area contributed by atoms with Crippen molar-refractivity contribution in [1.29, 1.82) is 5.26 Å². The highest BCUT2D eigenvalue weighted by molar-refractivity contribution is 5.76. The van der Waals surface area contributed by atoms with E-state index in [-0.39, 0.29) is 17.4 Å². The molecule has 0 aromatic heterocycles. The topological polar surface area (TPSA) is 52.9 Å². The molecule has 3 nitrogen and oxygen atoms in total. The number of rotatable bonds is 6. The maximum atomic E-state index is 11.8. The van der Waals surface area contributed by atoms with E-state index in [1.807, 2.05) is 6.92 Å². The summed E-state index contributed by atoms with van der Waals surface area (Å²) >= 11 is 0. The van der Waals surface area contributed by atoms with Gasteiger partial charge in [-0.25, -0.2) is 0 Å². The van der Waals surface area contributed by atoms with Crippen molar-refractivity contribution in [3.63, 3.8) is 0 Å². The highest BCUT2D eigenvalue weighted by atomic mass is 16.1. The van der Waals surface area contributed by atoms with Crippen molar-refractivity contribution in [1.82, 2.24) is 5.32 Å². The van der Waals surface area contributed by atoms with Crippen LogP contribution in [0.2, 0.25) is 0 Å². The normalized spacial score (nSPS) is 14.8. The first-order valence-electron chi connectivity index (χ1n) is 6.44. The van der Waals surface area contributed by atoms with Crippen LogP contribution in [-0.4, -0.2) is 11.9 Å². The summed E-state index contributed by atoms with van der Waals surface area (Å²) in [6, 6.07) is 2.11. The van der Waals surface area contributed by atoms with Gasteiger partial charge in [-0.2, -0.15) is 5.26 Å². The van der Waals surface area contributed by atoms with Gasteiger partial charge in [0.05, 0.1) is 12.5 Å². The van der Waals surface area contributed by atoms with Gasteiger partial charge in [-0.05, 0) is 24.2 Å². The molecule has 0 aromatic rings. The first kappa shape index (κ1) is 16.0. The van der Waals surface area contributed by atoms with Crippen LogP contribution in [0.5, 0.6) is 0 Å². The average Bonchev–Trinajstić information content (AvgIpc) is 2.13. The van der Waals surface area contributed by atoms with E-state index < -0.39 is 0 Å². The average molecular weight is 238 g/mol. The number of carbonyl (C=O) groups excluding carboxylic acids is 1. The molecule has 3 heteroatoms. The monoisotopic (exact) mass is 238 g/mol. The Balaban J connectivity index is 4.05. The number of nitrogens with one attached hydrogen (secondary N) is 1. The minimum Gasteiger partial charge on any atom is -0.352 e. The Hall–Kier alpha value is -1.04. The van der Waals surface area contributed by atoms with Gasteiger partial charge >= 0.3 is 0 Å². The molecular weight excluding hydrogens is 212 g/mol. The Bertz CT molecular complexity index is 273. The Morgan fingerprint density at radius 3 is 2.41 bits per heavy atom. The lowest BCUT2D eigenvalue weighted by Crippen LogP contribution is -2.35. The van der Waals surface area contributed by atoms with Gasteiger partial charge in [0.2, 0.25) is 5.91 Å². The van der Waals surface area contributed by atoms with E-state index >= 15 is 0 Å². The van der Waals surface area contributed by atoms with Crippen molar-refractivity contribution >= 4 is 5.91 Å². The smallest absolute Gasteiger partial charge is 0.220 e. The third-order valence-electron chi connectivity index (χ3n) is 2.69. The van der Waals surface area contributed by atoms with Crippen molar-refractivity contribution in [2.45, 2.75) is 66.3 Å². The molecule has 0 aromatic carbocycles. The summed E-state index contributed by atoms with van der Waals surface area (Å²) in [5, 5.41) is 11.5. The molecule has 17 heavy (non-hydrogen) atoms. The quantitative estimate of drug-likeness (QED) is 0.772. The lowest BCUT2D eigenvalue weighted by molar-refractivity contribution is -0.122. The van der Waals surface area contributed by atoms with Crippen molar-refractivity contribution in [3.05, 3.63) is 0 Å². The van der Waals surface area contributed by atoms with Gasteiger partial charge in [0.1, 0.15) is 0 Å². The number of hydrogen-bond acceptors (Lipinski definition) is 2. The zero-order valence-corrected chi connectivity index (χ0v) is 11.8. The van der Waals surface area contributed by atoms with E-state index in [0.717, 1.165) is 12.8 Å². The van der Waals surface area contributed by atoms with Crippen LogP contribution in [0.1, 0.15) is 60.3 Å². The molecule has 0 fully saturated rings. The number of nitriles is 1. The molecule has 0 aliphatic carbocycles. The van der Waals surface area contributed by atoms with Crippen molar-refractivity contribution in [2.75, 3.05) is 0 Å². The van der Waals surface area contributed by atoms with E-state index in [1.54, 1.807) is 0 Å². The van der Waals surface area contributed by atoms with E-state index in [2.05, 4.69) is 39.1 Å².